The lowest BCUT2D eigenvalue weighted by Crippen LogP contribution is -1.82. The van der Waals surface area contributed by atoms with Crippen LogP contribution in [0, 0.1) is 18.3 Å². The Balaban J connectivity index is 2.02. The van der Waals surface area contributed by atoms with Gasteiger partial charge in [-0.05, 0) is 17.7 Å². The summed E-state index contributed by atoms with van der Waals surface area (Å²) in [5, 5.41) is 16.9. The molecule has 1 aromatic carbocycles. The highest BCUT2D eigenvalue weighted by atomic mass is 32.2. The molecule has 2 rings (SSSR count). The predicted octanol–water partition coefficient (Wildman–Crippen LogP) is 2.54. The zero-order valence-electron chi connectivity index (χ0n) is 8.67. The van der Waals surface area contributed by atoms with Gasteiger partial charge in [0.1, 0.15) is 0 Å². The molecule has 0 amide bonds. The molecule has 1 heterocycles. The molecule has 0 aliphatic rings. The topological polar surface area (TPSA) is 62.7 Å². The van der Waals surface area contributed by atoms with E-state index in [9.17, 15) is 0 Å². The fourth-order valence-corrected chi connectivity index (χ4v) is 1.96. The van der Waals surface area contributed by atoms with E-state index < -0.39 is 0 Å². The zero-order valence-corrected chi connectivity index (χ0v) is 9.49. The molecule has 4 nitrogen and oxygen atoms in total. The molecule has 5 heteroatoms. The lowest BCUT2D eigenvalue weighted by Gasteiger charge is -1.98. The van der Waals surface area contributed by atoms with E-state index in [0.717, 1.165) is 11.3 Å². The Kier molecular flexibility index (Phi) is 3.22. The van der Waals surface area contributed by atoms with Crippen LogP contribution in [-0.4, -0.2) is 10.2 Å². The second-order valence-corrected chi connectivity index (χ2v) is 4.11. The molecular formula is C11H9N3OS. The zero-order chi connectivity index (χ0) is 11.4. The van der Waals surface area contributed by atoms with Gasteiger partial charge in [0, 0.05) is 12.7 Å². The minimum Gasteiger partial charge on any atom is -0.416 e. The molecule has 0 bridgehead atoms. The van der Waals surface area contributed by atoms with Gasteiger partial charge in [-0.1, -0.05) is 23.9 Å². The van der Waals surface area contributed by atoms with Crippen LogP contribution >= 0.6 is 11.8 Å². The molecule has 0 radical (unpaired) electrons. The van der Waals surface area contributed by atoms with E-state index in [1.54, 1.807) is 13.0 Å². The maximum atomic E-state index is 8.75. The molecule has 2 aromatic rings. The number of aromatic nitrogens is 2. The van der Waals surface area contributed by atoms with Gasteiger partial charge < -0.3 is 4.42 Å². The van der Waals surface area contributed by atoms with Crippen molar-refractivity contribution in [2.45, 2.75) is 17.9 Å². The summed E-state index contributed by atoms with van der Waals surface area (Å²) in [7, 11) is 0. The first kappa shape index (κ1) is 10.7. The summed E-state index contributed by atoms with van der Waals surface area (Å²) < 4.78 is 5.24. The lowest BCUT2D eigenvalue weighted by atomic mass is 10.2. The van der Waals surface area contributed by atoms with Gasteiger partial charge in [-0.15, -0.1) is 10.2 Å². The van der Waals surface area contributed by atoms with Crippen LogP contribution in [0.3, 0.4) is 0 Å². The molecule has 0 spiro atoms. The van der Waals surface area contributed by atoms with Crippen LogP contribution in [0.2, 0.25) is 0 Å². The molecule has 0 aliphatic carbocycles. The van der Waals surface area contributed by atoms with Gasteiger partial charge in [-0.2, -0.15) is 5.26 Å². The van der Waals surface area contributed by atoms with Crippen molar-refractivity contribution in [3.63, 3.8) is 0 Å². The third-order valence-electron chi connectivity index (χ3n) is 1.93. The van der Waals surface area contributed by atoms with Crippen LogP contribution in [0.15, 0.2) is 33.9 Å². The number of hydrogen-bond acceptors (Lipinski definition) is 5. The highest BCUT2D eigenvalue weighted by Gasteiger charge is 2.03. The van der Waals surface area contributed by atoms with E-state index in [4.69, 9.17) is 9.68 Å². The number of thioether (sulfide) groups is 1. The second-order valence-electron chi connectivity index (χ2n) is 3.19. The molecule has 0 aliphatic heterocycles. The first-order chi connectivity index (χ1) is 7.78. The van der Waals surface area contributed by atoms with Crippen LogP contribution in [-0.2, 0) is 5.75 Å². The summed E-state index contributed by atoms with van der Waals surface area (Å²) in [5.41, 5.74) is 1.74. The quantitative estimate of drug-likeness (QED) is 0.759. The standard InChI is InChI=1S/C11H9N3OS/c1-8-13-14-11(15-8)16-7-10-4-2-3-9(5-10)6-12/h2-5H,7H2,1H3. The van der Waals surface area contributed by atoms with E-state index in [1.165, 1.54) is 11.8 Å². The minimum atomic E-state index is 0.555. The van der Waals surface area contributed by atoms with E-state index >= 15 is 0 Å². The maximum absolute atomic E-state index is 8.75. The Labute approximate surface area is 97.3 Å². The summed E-state index contributed by atoms with van der Waals surface area (Å²) in [4.78, 5) is 0. The monoisotopic (exact) mass is 231 g/mol. The fourth-order valence-electron chi connectivity index (χ4n) is 1.21. The number of nitrogens with zero attached hydrogens (tertiary/aromatic N) is 3. The van der Waals surface area contributed by atoms with E-state index in [1.807, 2.05) is 18.2 Å². The average molecular weight is 231 g/mol. The molecule has 0 atom stereocenters. The van der Waals surface area contributed by atoms with Gasteiger partial charge in [0.15, 0.2) is 0 Å². The number of hydrogen-bond donors (Lipinski definition) is 0. The minimum absolute atomic E-state index is 0.555. The summed E-state index contributed by atoms with van der Waals surface area (Å²) in [5.74, 6) is 1.28. The Morgan fingerprint density at radius 1 is 1.44 bits per heavy atom. The first-order valence-corrected chi connectivity index (χ1v) is 5.68. The number of rotatable bonds is 3. The molecule has 16 heavy (non-hydrogen) atoms. The third kappa shape index (κ3) is 2.61. The smallest absolute Gasteiger partial charge is 0.276 e. The highest BCUT2D eigenvalue weighted by molar-refractivity contribution is 7.98. The molecule has 0 fully saturated rings. The maximum Gasteiger partial charge on any atom is 0.276 e. The van der Waals surface area contributed by atoms with E-state index in [-0.39, 0.29) is 0 Å². The normalized spacial score (nSPS) is 10.0. The van der Waals surface area contributed by atoms with Crippen LogP contribution in [0.4, 0.5) is 0 Å². The van der Waals surface area contributed by atoms with Crippen molar-refractivity contribution in [2.24, 2.45) is 0 Å². The van der Waals surface area contributed by atoms with Crippen molar-refractivity contribution in [1.82, 2.24) is 10.2 Å². The molecule has 0 saturated carbocycles. The Morgan fingerprint density at radius 3 is 3.00 bits per heavy atom. The summed E-state index contributed by atoms with van der Waals surface area (Å²) in [6, 6.07) is 9.59. The van der Waals surface area contributed by atoms with Crippen molar-refractivity contribution in [3.8, 4) is 6.07 Å². The SMILES string of the molecule is Cc1nnc(SCc2cccc(C#N)c2)o1. The number of nitriles is 1. The molecular weight excluding hydrogens is 222 g/mol. The highest BCUT2D eigenvalue weighted by Crippen LogP contribution is 2.21. The van der Waals surface area contributed by atoms with E-state index in [0.29, 0.717) is 16.7 Å². The fraction of sp³-hybridized carbons (Fsp3) is 0.182. The van der Waals surface area contributed by atoms with Gasteiger partial charge in [0.25, 0.3) is 5.22 Å². The first-order valence-electron chi connectivity index (χ1n) is 4.70. The summed E-state index contributed by atoms with van der Waals surface area (Å²) >= 11 is 1.46. The van der Waals surface area contributed by atoms with Gasteiger partial charge >= 0.3 is 0 Å². The van der Waals surface area contributed by atoms with Crippen LogP contribution in [0.25, 0.3) is 0 Å². The molecule has 0 unspecified atom stereocenters. The van der Waals surface area contributed by atoms with Crippen molar-refractivity contribution >= 4 is 11.8 Å². The van der Waals surface area contributed by atoms with Gasteiger partial charge in [0.2, 0.25) is 5.89 Å². The van der Waals surface area contributed by atoms with E-state index in [2.05, 4.69) is 16.3 Å². The lowest BCUT2D eigenvalue weighted by molar-refractivity contribution is 0.429. The van der Waals surface area contributed by atoms with Crippen LogP contribution in [0.5, 0.6) is 0 Å². The Morgan fingerprint density at radius 2 is 2.31 bits per heavy atom. The van der Waals surface area contributed by atoms with Crippen molar-refractivity contribution in [1.29, 1.82) is 5.26 Å². The van der Waals surface area contributed by atoms with Gasteiger partial charge in [-0.3, -0.25) is 0 Å². The van der Waals surface area contributed by atoms with Crippen LogP contribution in [0.1, 0.15) is 17.0 Å². The van der Waals surface area contributed by atoms with Crippen molar-refractivity contribution in [3.05, 3.63) is 41.3 Å². The molecule has 0 saturated heterocycles. The predicted molar refractivity (Wildman–Crippen MR) is 59.8 cm³/mol. The summed E-state index contributed by atoms with van der Waals surface area (Å²) in [6.07, 6.45) is 0. The van der Waals surface area contributed by atoms with Crippen molar-refractivity contribution in [2.75, 3.05) is 0 Å². The third-order valence-corrected chi connectivity index (χ3v) is 2.82. The second kappa shape index (κ2) is 4.81. The van der Waals surface area contributed by atoms with Crippen LogP contribution < -0.4 is 0 Å². The van der Waals surface area contributed by atoms with Gasteiger partial charge in [0.05, 0.1) is 11.6 Å². The molecule has 1 aromatic heterocycles. The molecule has 80 valence electrons. The summed E-state index contributed by atoms with van der Waals surface area (Å²) in [6.45, 7) is 1.76. The number of benzene rings is 1. The molecule has 0 N–H and O–H groups in total. The Bertz CT molecular complexity index is 530. The average Bonchev–Trinajstić information content (AvgIpc) is 2.73. The largest absolute Gasteiger partial charge is 0.416 e. The Hall–Kier alpha value is -1.80. The van der Waals surface area contributed by atoms with Gasteiger partial charge in [-0.25, -0.2) is 0 Å². The van der Waals surface area contributed by atoms with Crippen molar-refractivity contribution < 1.29 is 4.42 Å². The number of aryl methyl sites for hydroxylation is 1.